The van der Waals surface area contributed by atoms with Crippen LogP contribution in [0, 0.1) is 11.3 Å². The van der Waals surface area contributed by atoms with E-state index in [0.717, 1.165) is 6.42 Å². The van der Waals surface area contributed by atoms with E-state index in [4.69, 9.17) is 5.73 Å². The summed E-state index contributed by atoms with van der Waals surface area (Å²) < 4.78 is 0. The molecule has 2 rings (SSSR count). The Morgan fingerprint density at radius 1 is 1.25 bits per heavy atom. The molecule has 0 aromatic heterocycles. The standard InChI is InChI=1S/C12H20N2O2/c13-10(15)4-7-14-11(16)9-8-12(9)5-2-1-3-6-12/h9H,1-8H2,(H2,13,15)(H,14,16). The van der Waals surface area contributed by atoms with Crippen molar-refractivity contribution in [3.63, 3.8) is 0 Å². The lowest BCUT2D eigenvalue weighted by Gasteiger charge is -2.21. The van der Waals surface area contributed by atoms with Gasteiger partial charge in [0, 0.05) is 18.9 Å². The molecule has 4 nitrogen and oxygen atoms in total. The fraction of sp³-hybridized carbons (Fsp3) is 0.833. The zero-order chi connectivity index (χ0) is 11.6. The van der Waals surface area contributed by atoms with Crippen LogP contribution in [-0.2, 0) is 9.59 Å². The Bertz CT molecular complexity index is 295. The highest BCUT2D eigenvalue weighted by molar-refractivity contribution is 5.83. The lowest BCUT2D eigenvalue weighted by atomic mass is 9.84. The Hall–Kier alpha value is -1.06. The van der Waals surface area contributed by atoms with E-state index in [1.165, 1.54) is 32.1 Å². The maximum Gasteiger partial charge on any atom is 0.223 e. The van der Waals surface area contributed by atoms with E-state index in [9.17, 15) is 9.59 Å². The molecular formula is C12H20N2O2. The smallest absolute Gasteiger partial charge is 0.223 e. The predicted octanol–water partition coefficient (Wildman–Crippen LogP) is 0.948. The molecular weight excluding hydrogens is 204 g/mol. The predicted molar refractivity (Wildman–Crippen MR) is 60.4 cm³/mol. The van der Waals surface area contributed by atoms with Crippen molar-refractivity contribution in [2.45, 2.75) is 44.9 Å². The van der Waals surface area contributed by atoms with Crippen LogP contribution in [0.2, 0.25) is 0 Å². The van der Waals surface area contributed by atoms with E-state index >= 15 is 0 Å². The van der Waals surface area contributed by atoms with Gasteiger partial charge in [0.05, 0.1) is 0 Å². The van der Waals surface area contributed by atoms with Crippen LogP contribution >= 0.6 is 0 Å². The maximum atomic E-state index is 11.8. The molecule has 4 heteroatoms. The van der Waals surface area contributed by atoms with Crippen molar-refractivity contribution >= 4 is 11.8 Å². The molecule has 1 unspecified atom stereocenters. The van der Waals surface area contributed by atoms with E-state index in [1.54, 1.807) is 0 Å². The normalized spacial score (nSPS) is 26.4. The molecule has 3 N–H and O–H groups in total. The summed E-state index contributed by atoms with van der Waals surface area (Å²) in [5.41, 5.74) is 5.34. The van der Waals surface area contributed by atoms with Gasteiger partial charge < -0.3 is 11.1 Å². The van der Waals surface area contributed by atoms with Crippen molar-refractivity contribution in [2.75, 3.05) is 6.54 Å². The molecule has 16 heavy (non-hydrogen) atoms. The van der Waals surface area contributed by atoms with Crippen LogP contribution in [0.25, 0.3) is 0 Å². The molecule has 2 amide bonds. The Morgan fingerprint density at radius 2 is 1.94 bits per heavy atom. The van der Waals surface area contributed by atoms with Crippen molar-refractivity contribution in [3.05, 3.63) is 0 Å². The van der Waals surface area contributed by atoms with Gasteiger partial charge in [-0.15, -0.1) is 0 Å². The highest BCUT2D eigenvalue weighted by atomic mass is 16.2. The maximum absolute atomic E-state index is 11.8. The monoisotopic (exact) mass is 224 g/mol. The van der Waals surface area contributed by atoms with Crippen molar-refractivity contribution < 1.29 is 9.59 Å². The fourth-order valence-corrected chi connectivity index (χ4v) is 2.96. The molecule has 2 fully saturated rings. The average molecular weight is 224 g/mol. The number of nitrogens with two attached hydrogens (primary N) is 1. The summed E-state index contributed by atoms with van der Waals surface area (Å²) in [5.74, 6) is -0.0210. The SMILES string of the molecule is NC(=O)CCNC(=O)C1CC12CCCCC2. The first kappa shape index (κ1) is 11.4. The van der Waals surface area contributed by atoms with Crippen molar-refractivity contribution in [2.24, 2.45) is 17.1 Å². The number of hydrogen-bond donors (Lipinski definition) is 2. The molecule has 2 aliphatic rings. The summed E-state index contributed by atoms with van der Waals surface area (Å²) in [4.78, 5) is 22.3. The van der Waals surface area contributed by atoms with Gasteiger partial charge in [-0.2, -0.15) is 0 Å². The highest BCUT2D eigenvalue weighted by Crippen LogP contribution is 2.61. The van der Waals surface area contributed by atoms with Gasteiger partial charge in [0.15, 0.2) is 0 Å². The fourth-order valence-electron chi connectivity index (χ4n) is 2.96. The first-order chi connectivity index (χ1) is 7.64. The van der Waals surface area contributed by atoms with E-state index in [-0.39, 0.29) is 24.2 Å². The Balaban J connectivity index is 1.73. The number of carbonyl (C=O) groups is 2. The van der Waals surface area contributed by atoms with Crippen molar-refractivity contribution in [1.82, 2.24) is 5.32 Å². The number of amides is 2. The van der Waals surface area contributed by atoms with Gasteiger partial charge >= 0.3 is 0 Å². The van der Waals surface area contributed by atoms with Crippen molar-refractivity contribution in [3.8, 4) is 0 Å². The molecule has 0 aliphatic heterocycles. The van der Waals surface area contributed by atoms with Crippen molar-refractivity contribution in [1.29, 1.82) is 0 Å². The van der Waals surface area contributed by atoms with Gasteiger partial charge in [-0.25, -0.2) is 0 Å². The lowest BCUT2D eigenvalue weighted by molar-refractivity contribution is -0.123. The molecule has 0 aromatic rings. The average Bonchev–Trinajstić information content (AvgIpc) is 2.92. The van der Waals surface area contributed by atoms with Crippen LogP contribution in [0.15, 0.2) is 0 Å². The summed E-state index contributed by atoms with van der Waals surface area (Å²) >= 11 is 0. The Morgan fingerprint density at radius 3 is 2.56 bits per heavy atom. The van der Waals surface area contributed by atoms with Crippen LogP contribution in [0.4, 0.5) is 0 Å². The van der Waals surface area contributed by atoms with E-state index in [2.05, 4.69) is 5.32 Å². The zero-order valence-corrected chi connectivity index (χ0v) is 9.63. The molecule has 0 radical (unpaired) electrons. The molecule has 2 aliphatic carbocycles. The molecule has 0 aromatic carbocycles. The lowest BCUT2D eigenvalue weighted by Crippen LogP contribution is -2.31. The zero-order valence-electron chi connectivity index (χ0n) is 9.63. The molecule has 1 atom stereocenters. The second-order valence-corrected chi connectivity index (χ2v) is 5.19. The molecule has 0 bridgehead atoms. The Labute approximate surface area is 96.0 Å². The number of hydrogen-bond acceptors (Lipinski definition) is 2. The van der Waals surface area contributed by atoms with Gasteiger partial charge in [-0.3, -0.25) is 9.59 Å². The number of carbonyl (C=O) groups excluding carboxylic acids is 2. The van der Waals surface area contributed by atoms with Gasteiger partial charge in [-0.05, 0) is 24.7 Å². The second kappa shape index (κ2) is 4.44. The van der Waals surface area contributed by atoms with Gasteiger partial charge in [0.25, 0.3) is 0 Å². The third-order valence-electron chi connectivity index (χ3n) is 4.03. The summed E-state index contributed by atoms with van der Waals surface area (Å²) in [6.07, 6.45) is 7.57. The summed E-state index contributed by atoms with van der Waals surface area (Å²) in [5, 5.41) is 2.81. The number of nitrogens with one attached hydrogen (secondary N) is 1. The third-order valence-corrected chi connectivity index (χ3v) is 4.03. The molecule has 0 heterocycles. The minimum absolute atomic E-state index is 0.128. The summed E-state index contributed by atoms with van der Waals surface area (Å²) in [6, 6.07) is 0. The highest BCUT2D eigenvalue weighted by Gasteiger charge is 2.57. The third kappa shape index (κ3) is 2.36. The minimum Gasteiger partial charge on any atom is -0.370 e. The first-order valence-electron chi connectivity index (χ1n) is 6.20. The summed E-state index contributed by atoms with van der Waals surface area (Å²) in [6.45, 7) is 0.390. The van der Waals surface area contributed by atoms with Gasteiger partial charge in [0.2, 0.25) is 11.8 Å². The molecule has 90 valence electrons. The van der Waals surface area contributed by atoms with Crippen LogP contribution in [0.1, 0.15) is 44.9 Å². The first-order valence-corrected chi connectivity index (χ1v) is 6.20. The largest absolute Gasteiger partial charge is 0.370 e. The Kier molecular flexibility index (Phi) is 3.17. The van der Waals surface area contributed by atoms with E-state index in [0.29, 0.717) is 12.0 Å². The van der Waals surface area contributed by atoms with Crippen LogP contribution in [0.3, 0.4) is 0 Å². The number of rotatable bonds is 4. The molecule has 2 saturated carbocycles. The molecule has 1 spiro atoms. The quantitative estimate of drug-likeness (QED) is 0.746. The van der Waals surface area contributed by atoms with Gasteiger partial charge in [-0.1, -0.05) is 19.3 Å². The topological polar surface area (TPSA) is 72.2 Å². The van der Waals surface area contributed by atoms with E-state index < -0.39 is 0 Å². The second-order valence-electron chi connectivity index (χ2n) is 5.19. The van der Waals surface area contributed by atoms with E-state index in [1.807, 2.05) is 0 Å². The number of primary amides is 1. The van der Waals surface area contributed by atoms with Crippen LogP contribution in [-0.4, -0.2) is 18.4 Å². The van der Waals surface area contributed by atoms with Crippen LogP contribution in [0.5, 0.6) is 0 Å². The summed E-state index contributed by atoms with van der Waals surface area (Å²) in [7, 11) is 0. The van der Waals surface area contributed by atoms with Gasteiger partial charge in [0.1, 0.15) is 0 Å². The minimum atomic E-state index is -0.358. The molecule has 0 saturated heterocycles. The van der Waals surface area contributed by atoms with Crippen LogP contribution < -0.4 is 11.1 Å².